The number of alkyl halides is 1. The van der Waals surface area contributed by atoms with Crippen LogP contribution in [-0.2, 0) is 10.6 Å². The van der Waals surface area contributed by atoms with E-state index in [-0.39, 0.29) is 18.0 Å². The van der Waals surface area contributed by atoms with Gasteiger partial charge in [0.05, 0.1) is 27.5 Å². The lowest BCUT2D eigenvalue weighted by Crippen LogP contribution is -2.26. The van der Waals surface area contributed by atoms with E-state index in [1.165, 1.54) is 6.07 Å². The summed E-state index contributed by atoms with van der Waals surface area (Å²) < 4.78 is 21.9. The molecule has 0 amide bonds. The molecule has 0 spiro atoms. The second kappa shape index (κ2) is 5.62. The summed E-state index contributed by atoms with van der Waals surface area (Å²) in [6.45, 7) is 2.77. The average Bonchev–Trinajstić information content (AvgIpc) is 2.77. The van der Waals surface area contributed by atoms with E-state index in [1.54, 1.807) is 6.07 Å². The molecule has 1 aromatic heterocycles. The molecule has 2 atom stereocenters. The van der Waals surface area contributed by atoms with Crippen molar-refractivity contribution in [1.82, 2.24) is 9.55 Å². The second-order valence-electron chi connectivity index (χ2n) is 5.15. The van der Waals surface area contributed by atoms with Crippen molar-refractivity contribution in [2.24, 2.45) is 0 Å². The molecule has 0 aliphatic carbocycles. The van der Waals surface area contributed by atoms with E-state index in [9.17, 15) is 4.39 Å². The summed E-state index contributed by atoms with van der Waals surface area (Å²) in [5.74, 6) is 0.831. The smallest absolute Gasteiger partial charge is 0.139 e. The maximum absolute atomic E-state index is 13.8. The first-order valence-electron chi connectivity index (χ1n) is 6.63. The Kier molecular flexibility index (Phi) is 4.02. The first-order chi connectivity index (χ1) is 9.60. The Balaban J connectivity index is 2.14. The van der Waals surface area contributed by atoms with Crippen LogP contribution in [0.2, 0.25) is 0 Å². The number of aromatic nitrogens is 2. The lowest BCUT2D eigenvalue weighted by atomic mass is 10.0. The second-order valence-corrected chi connectivity index (χ2v) is 6.27. The van der Waals surface area contributed by atoms with Gasteiger partial charge in [0.25, 0.3) is 0 Å². The molecule has 108 valence electrons. The Morgan fingerprint density at radius 3 is 3.05 bits per heavy atom. The molecule has 1 aliphatic rings. The summed E-state index contributed by atoms with van der Waals surface area (Å²) in [4.78, 5) is 4.53. The number of rotatable bonds is 2. The molecule has 2 aromatic rings. The fraction of sp³-hybridized carbons (Fsp3) is 0.500. The summed E-state index contributed by atoms with van der Waals surface area (Å²) in [6.07, 6.45) is 2.00. The molecule has 6 heteroatoms. The average molecular weight is 362 g/mol. The Bertz CT molecular complexity index is 646. The predicted octanol–water partition coefficient (Wildman–Crippen LogP) is 4.42. The summed E-state index contributed by atoms with van der Waals surface area (Å²) in [5.41, 5.74) is 1.58. The summed E-state index contributed by atoms with van der Waals surface area (Å²) in [6, 6.07) is 3.50. The van der Waals surface area contributed by atoms with Crippen LogP contribution in [0.5, 0.6) is 0 Å². The van der Waals surface area contributed by atoms with E-state index in [4.69, 9.17) is 16.3 Å². The monoisotopic (exact) mass is 360 g/mol. The van der Waals surface area contributed by atoms with Gasteiger partial charge in [-0.1, -0.05) is 0 Å². The minimum Gasteiger partial charge on any atom is -0.378 e. The van der Waals surface area contributed by atoms with E-state index < -0.39 is 0 Å². The Morgan fingerprint density at radius 2 is 2.35 bits per heavy atom. The molecular weight excluding hydrogens is 347 g/mol. The number of hydrogen-bond acceptors (Lipinski definition) is 2. The van der Waals surface area contributed by atoms with E-state index in [0.717, 1.165) is 29.7 Å². The fourth-order valence-corrected chi connectivity index (χ4v) is 3.37. The highest BCUT2D eigenvalue weighted by atomic mass is 79.9. The molecule has 0 bridgehead atoms. The van der Waals surface area contributed by atoms with Crippen molar-refractivity contribution < 1.29 is 9.13 Å². The van der Waals surface area contributed by atoms with Crippen LogP contribution in [0.25, 0.3) is 11.0 Å². The van der Waals surface area contributed by atoms with Gasteiger partial charge in [0.1, 0.15) is 11.6 Å². The van der Waals surface area contributed by atoms with Crippen LogP contribution in [0.3, 0.4) is 0 Å². The third kappa shape index (κ3) is 2.47. The number of ether oxygens (including phenoxy) is 1. The van der Waals surface area contributed by atoms with Crippen LogP contribution >= 0.6 is 27.5 Å². The zero-order valence-electron chi connectivity index (χ0n) is 11.1. The fourth-order valence-electron chi connectivity index (χ4n) is 2.85. The molecule has 2 heterocycles. The van der Waals surface area contributed by atoms with Gasteiger partial charge in [-0.15, -0.1) is 11.6 Å². The van der Waals surface area contributed by atoms with E-state index >= 15 is 0 Å². The normalized spacial score (nSPS) is 23.4. The zero-order valence-corrected chi connectivity index (χ0v) is 13.4. The first-order valence-corrected chi connectivity index (χ1v) is 7.96. The van der Waals surface area contributed by atoms with Crippen molar-refractivity contribution in [1.29, 1.82) is 0 Å². The van der Waals surface area contributed by atoms with Gasteiger partial charge >= 0.3 is 0 Å². The van der Waals surface area contributed by atoms with Crippen LogP contribution < -0.4 is 0 Å². The van der Waals surface area contributed by atoms with Crippen molar-refractivity contribution in [3.05, 3.63) is 28.2 Å². The highest BCUT2D eigenvalue weighted by Crippen LogP contribution is 2.32. The molecule has 1 saturated heterocycles. The number of nitrogens with zero attached hydrogens (tertiary/aromatic N) is 2. The topological polar surface area (TPSA) is 27.1 Å². The van der Waals surface area contributed by atoms with Crippen molar-refractivity contribution in [3.63, 3.8) is 0 Å². The molecule has 3 rings (SSSR count). The summed E-state index contributed by atoms with van der Waals surface area (Å²) in [7, 11) is 0. The Morgan fingerprint density at radius 1 is 1.55 bits per heavy atom. The lowest BCUT2D eigenvalue weighted by Gasteiger charge is -2.29. The zero-order chi connectivity index (χ0) is 14.3. The predicted molar refractivity (Wildman–Crippen MR) is 80.6 cm³/mol. The van der Waals surface area contributed by atoms with Gasteiger partial charge in [0.2, 0.25) is 0 Å². The van der Waals surface area contributed by atoms with Crippen molar-refractivity contribution in [2.45, 2.75) is 37.8 Å². The van der Waals surface area contributed by atoms with Crippen molar-refractivity contribution in [3.8, 4) is 0 Å². The lowest BCUT2D eigenvalue weighted by molar-refractivity contribution is 0.00632. The molecule has 0 radical (unpaired) electrons. The third-order valence-corrected chi connectivity index (χ3v) is 4.59. The number of benzene rings is 1. The molecule has 0 saturated carbocycles. The maximum Gasteiger partial charge on any atom is 0.139 e. The maximum atomic E-state index is 13.8. The molecule has 2 unspecified atom stereocenters. The van der Waals surface area contributed by atoms with Crippen LogP contribution in [-0.4, -0.2) is 22.3 Å². The molecule has 1 aliphatic heterocycles. The van der Waals surface area contributed by atoms with Crippen LogP contribution in [0.15, 0.2) is 16.6 Å². The molecule has 0 N–H and O–H groups in total. The highest BCUT2D eigenvalue weighted by Gasteiger charge is 2.25. The Labute approximate surface area is 130 Å². The van der Waals surface area contributed by atoms with Gasteiger partial charge < -0.3 is 9.30 Å². The highest BCUT2D eigenvalue weighted by molar-refractivity contribution is 9.10. The molecule has 20 heavy (non-hydrogen) atoms. The van der Waals surface area contributed by atoms with Gasteiger partial charge in [-0.25, -0.2) is 9.37 Å². The van der Waals surface area contributed by atoms with Gasteiger partial charge in [-0.05, 0) is 41.8 Å². The van der Waals surface area contributed by atoms with Crippen LogP contribution in [0.4, 0.5) is 4.39 Å². The van der Waals surface area contributed by atoms with Crippen LogP contribution in [0, 0.1) is 5.82 Å². The number of fused-ring (bicyclic) bond motifs is 1. The molecule has 3 nitrogen and oxygen atoms in total. The molecular formula is C14H15BrClFN2O. The van der Waals surface area contributed by atoms with Crippen molar-refractivity contribution in [2.75, 3.05) is 6.61 Å². The summed E-state index contributed by atoms with van der Waals surface area (Å²) in [5, 5.41) is 0. The molecule has 1 fully saturated rings. The van der Waals surface area contributed by atoms with Gasteiger partial charge in [0.15, 0.2) is 0 Å². The van der Waals surface area contributed by atoms with Gasteiger partial charge in [-0.2, -0.15) is 0 Å². The first kappa shape index (κ1) is 14.3. The number of hydrogen-bond donors (Lipinski definition) is 0. The Hall–Kier alpha value is -0.650. The number of imidazole rings is 1. The minimum atomic E-state index is -0.278. The minimum absolute atomic E-state index is 0.203. The van der Waals surface area contributed by atoms with E-state index in [0.29, 0.717) is 17.0 Å². The van der Waals surface area contributed by atoms with E-state index in [2.05, 4.69) is 32.4 Å². The molecule has 1 aromatic carbocycles. The van der Waals surface area contributed by atoms with Crippen LogP contribution in [0.1, 0.15) is 31.6 Å². The standard InChI is InChI=1S/C14H15BrClFN2O/c1-8-4-9(2-3-20-8)19-13-6-11(17)10(15)5-12(13)18-14(19)7-16/h5-6,8-9H,2-4,7H2,1H3. The number of halogens is 3. The van der Waals surface area contributed by atoms with Gasteiger partial charge in [0, 0.05) is 18.7 Å². The summed E-state index contributed by atoms with van der Waals surface area (Å²) >= 11 is 9.22. The van der Waals surface area contributed by atoms with Crippen molar-refractivity contribution >= 4 is 38.6 Å². The largest absolute Gasteiger partial charge is 0.378 e. The van der Waals surface area contributed by atoms with Gasteiger partial charge in [-0.3, -0.25) is 0 Å². The quantitative estimate of drug-likeness (QED) is 0.741. The SMILES string of the molecule is CC1CC(n2c(CCl)nc3cc(Br)c(F)cc32)CCO1. The third-order valence-electron chi connectivity index (χ3n) is 3.75. The van der Waals surface area contributed by atoms with E-state index in [1.807, 2.05) is 0 Å².